The lowest BCUT2D eigenvalue weighted by Gasteiger charge is -2.09. The topological polar surface area (TPSA) is 63.8 Å². The predicted octanol–water partition coefficient (Wildman–Crippen LogP) is 3.59. The summed E-state index contributed by atoms with van der Waals surface area (Å²) < 4.78 is 1.07. The summed E-state index contributed by atoms with van der Waals surface area (Å²) in [5.41, 5.74) is 8.60. The second-order valence-corrected chi connectivity index (χ2v) is 5.39. The summed E-state index contributed by atoms with van der Waals surface area (Å²) in [6.07, 6.45) is 1.56. The van der Waals surface area contributed by atoms with Gasteiger partial charge in [-0.3, -0.25) is 0 Å². The highest BCUT2D eigenvalue weighted by Crippen LogP contribution is 2.22. The minimum absolute atomic E-state index is 0.703. The van der Waals surface area contributed by atoms with E-state index in [4.69, 9.17) is 5.73 Å². The maximum atomic E-state index is 5.83. The third-order valence-corrected chi connectivity index (χ3v) is 3.56. The number of nitrogen functional groups attached to an aromatic ring is 1. The van der Waals surface area contributed by atoms with Gasteiger partial charge in [0, 0.05) is 22.1 Å². The van der Waals surface area contributed by atoms with Gasteiger partial charge in [-0.2, -0.15) is 0 Å². The van der Waals surface area contributed by atoms with Crippen LogP contribution in [0.15, 0.2) is 53.3 Å². The van der Waals surface area contributed by atoms with E-state index in [0.29, 0.717) is 12.2 Å². The van der Waals surface area contributed by atoms with Crippen molar-refractivity contribution in [3.8, 4) is 0 Å². The molecule has 0 saturated carbocycles. The van der Waals surface area contributed by atoms with Crippen LogP contribution in [0.3, 0.4) is 0 Å². The zero-order chi connectivity index (χ0) is 13.9. The van der Waals surface area contributed by atoms with Gasteiger partial charge in [-0.1, -0.05) is 28.1 Å². The van der Waals surface area contributed by atoms with Gasteiger partial charge in [0.25, 0.3) is 0 Å². The molecule has 4 nitrogen and oxygen atoms in total. The largest absolute Gasteiger partial charge is 0.399 e. The number of fused-ring (bicyclic) bond motifs is 1. The number of nitrogens with one attached hydrogen (secondary N) is 1. The highest BCUT2D eigenvalue weighted by Gasteiger charge is 2.04. The molecule has 0 amide bonds. The molecule has 0 aliphatic heterocycles. The zero-order valence-electron chi connectivity index (χ0n) is 10.7. The Balaban J connectivity index is 1.87. The fourth-order valence-corrected chi connectivity index (χ4v) is 2.27. The van der Waals surface area contributed by atoms with Gasteiger partial charge in [0.15, 0.2) is 0 Å². The van der Waals surface area contributed by atoms with E-state index in [1.165, 1.54) is 5.56 Å². The van der Waals surface area contributed by atoms with Crippen molar-refractivity contribution in [2.45, 2.75) is 6.54 Å². The van der Waals surface area contributed by atoms with E-state index in [1.807, 2.05) is 30.3 Å². The molecule has 100 valence electrons. The smallest absolute Gasteiger partial charge is 0.137 e. The number of hydrogen-bond donors (Lipinski definition) is 2. The lowest BCUT2D eigenvalue weighted by Crippen LogP contribution is -2.02. The Kier molecular flexibility index (Phi) is 3.52. The van der Waals surface area contributed by atoms with E-state index in [-0.39, 0.29) is 0 Å². The van der Waals surface area contributed by atoms with Gasteiger partial charge >= 0.3 is 0 Å². The van der Waals surface area contributed by atoms with Crippen molar-refractivity contribution in [2.24, 2.45) is 0 Å². The molecule has 0 aliphatic carbocycles. The van der Waals surface area contributed by atoms with Gasteiger partial charge in [-0.05, 0) is 35.9 Å². The number of hydrogen-bond acceptors (Lipinski definition) is 4. The van der Waals surface area contributed by atoms with Gasteiger partial charge in [-0.15, -0.1) is 0 Å². The van der Waals surface area contributed by atoms with Crippen LogP contribution < -0.4 is 11.1 Å². The van der Waals surface area contributed by atoms with Crippen molar-refractivity contribution < 1.29 is 0 Å². The Labute approximate surface area is 125 Å². The first kappa shape index (κ1) is 12.9. The van der Waals surface area contributed by atoms with Crippen LogP contribution in [0.5, 0.6) is 0 Å². The number of halogens is 1. The first-order chi connectivity index (χ1) is 9.72. The van der Waals surface area contributed by atoms with Crippen molar-refractivity contribution in [3.05, 3.63) is 58.8 Å². The van der Waals surface area contributed by atoms with Crippen molar-refractivity contribution in [3.63, 3.8) is 0 Å². The Bertz CT molecular complexity index is 740. The summed E-state index contributed by atoms with van der Waals surface area (Å²) in [6, 6.07) is 13.8. The summed E-state index contributed by atoms with van der Waals surface area (Å²) >= 11 is 3.43. The Morgan fingerprint density at radius 3 is 2.65 bits per heavy atom. The van der Waals surface area contributed by atoms with Crippen molar-refractivity contribution >= 4 is 38.3 Å². The molecule has 3 rings (SSSR count). The van der Waals surface area contributed by atoms with Gasteiger partial charge in [0.1, 0.15) is 12.1 Å². The van der Waals surface area contributed by atoms with Crippen LogP contribution in [0.2, 0.25) is 0 Å². The van der Waals surface area contributed by atoms with Crippen LogP contribution in [0.1, 0.15) is 5.56 Å². The third-order valence-electron chi connectivity index (χ3n) is 3.03. The summed E-state index contributed by atoms with van der Waals surface area (Å²) in [4.78, 5) is 8.53. The molecule has 0 bridgehead atoms. The number of nitrogens with two attached hydrogens (primary N) is 1. The van der Waals surface area contributed by atoms with E-state index in [0.717, 1.165) is 21.2 Å². The lowest BCUT2D eigenvalue weighted by molar-refractivity contribution is 1.10. The molecule has 5 heteroatoms. The van der Waals surface area contributed by atoms with Gasteiger partial charge < -0.3 is 11.1 Å². The molecule has 3 N–H and O–H groups in total. The minimum Gasteiger partial charge on any atom is -0.399 e. The molecule has 0 saturated heterocycles. The van der Waals surface area contributed by atoms with E-state index in [9.17, 15) is 0 Å². The lowest BCUT2D eigenvalue weighted by atomic mass is 10.2. The predicted molar refractivity (Wildman–Crippen MR) is 85.4 cm³/mol. The molecule has 1 heterocycles. The second-order valence-electron chi connectivity index (χ2n) is 4.48. The number of rotatable bonds is 3. The van der Waals surface area contributed by atoms with E-state index in [2.05, 4.69) is 43.3 Å². The first-order valence-corrected chi connectivity index (χ1v) is 7.00. The number of benzene rings is 2. The molecular formula is C15H13BrN4. The molecule has 3 aromatic rings. The SMILES string of the molecule is Nc1ccc2ncnc(NCc3ccc(Br)cc3)c2c1. The van der Waals surface area contributed by atoms with Gasteiger partial charge in [0.05, 0.1) is 5.52 Å². The maximum absolute atomic E-state index is 5.83. The standard InChI is InChI=1S/C15H13BrN4/c16-11-3-1-10(2-4-11)8-18-15-13-7-12(17)5-6-14(13)19-9-20-15/h1-7,9H,8,17H2,(H,18,19,20). The van der Waals surface area contributed by atoms with Crippen LogP contribution in [0.4, 0.5) is 11.5 Å². The van der Waals surface area contributed by atoms with E-state index >= 15 is 0 Å². The average Bonchev–Trinajstić information content (AvgIpc) is 2.47. The minimum atomic E-state index is 0.703. The first-order valence-electron chi connectivity index (χ1n) is 6.21. The van der Waals surface area contributed by atoms with E-state index < -0.39 is 0 Å². The van der Waals surface area contributed by atoms with Crippen molar-refractivity contribution in [2.75, 3.05) is 11.1 Å². The van der Waals surface area contributed by atoms with Gasteiger partial charge in [0.2, 0.25) is 0 Å². The molecule has 0 aliphatic rings. The molecule has 2 aromatic carbocycles. The average molecular weight is 329 g/mol. The Morgan fingerprint density at radius 2 is 1.85 bits per heavy atom. The molecular weight excluding hydrogens is 316 g/mol. The molecule has 1 aromatic heterocycles. The number of aromatic nitrogens is 2. The maximum Gasteiger partial charge on any atom is 0.137 e. The monoisotopic (exact) mass is 328 g/mol. The fourth-order valence-electron chi connectivity index (χ4n) is 2.00. The number of anilines is 2. The normalized spacial score (nSPS) is 10.7. The highest BCUT2D eigenvalue weighted by molar-refractivity contribution is 9.10. The van der Waals surface area contributed by atoms with Crippen LogP contribution in [-0.4, -0.2) is 9.97 Å². The molecule has 0 atom stereocenters. The van der Waals surface area contributed by atoms with E-state index in [1.54, 1.807) is 6.33 Å². The fraction of sp³-hybridized carbons (Fsp3) is 0.0667. The zero-order valence-corrected chi connectivity index (χ0v) is 12.3. The van der Waals surface area contributed by atoms with Gasteiger partial charge in [-0.25, -0.2) is 9.97 Å². The summed E-state index contributed by atoms with van der Waals surface area (Å²) in [7, 11) is 0. The molecule has 20 heavy (non-hydrogen) atoms. The third kappa shape index (κ3) is 2.72. The van der Waals surface area contributed by atoms with Crippen LogP contribution in [-0.2, 0) is 6.54 Å². The highest BCUT2D eigenvalue weighted by atomic mass is 79.9. The Morgan fingerprint density at radius 1 is 1.05 bits per heavy atom. The summed E-state index contributed by atoms with van der Waals surface area (Å²) in [6.45, 7) is 0.703. The molecule has 0 unspecified atom stereocenters. The Hall–Kier alpha value is -2.14. The van der Waals surface area contributed by atoms with Crippen LogP contribution >= 0.6 is 15.9 Å². The summed E-state index contributed by atoms with van der Waals surface area (Å²) in [5.74, 6) is 0.796. The van der Waals surface area contributed by atoms with Crippen LogP contribution in [0, 0.1) is 0 Å². The van der Waals surface area contributed by atoms with Crippen molar-refractivity contribution in [1.82, 2.24) is 9.97 Å². The summed E-state index contributed by atoms with van der Waals surface area (Å²) in [5, 5.41) is 4.26. The molecule has 0 fully saturated rings. The quantitative estimate of drug-likeness (QED) is 0.721. The number of nitrogens with zero attached hydrogens (tertiary/aromatic N) is 2. The van der Waals surface area contributed by atoms with Crippen LogP contribution in [0.25, 0.3) is 10.9 Å². The molecule has 0 spiro atoms. The van der Waals surface area contributed by atoms with Crippen molar-refractivity contribution in [1.29, 1.82) is 0 Å². The second kappa shape index (κ2) is 5.46. The molecule has 0 radical (unpaired) electrons.